The fourth-order valence-electron chi connectivity index (χ4n) is 4.95. The molecule has 0 aliphatic carbocycles. The zero-order chi connectivity index (χ0) is 25.8. The minimum absolute atomic E-state index is 0.561. The molecule has 38 heavy (non-hydrogen) atoms. The molecule has 3 aromatic rings. The number of epoxide rings is 2. The van der Waals surface area contributed by atoms with Crippen LogP contribution in [0.5, 0.6) is 11.5 Å². The first kappa shape index (κ1) is 26.8. The van der Waals surface area contributed by atoms with Gasteiger partial charge in [0.1, 0.15) is 11.5 Å². The summed E-state index contributed by atoms with van der Waals surface area (Å²) < 4.78 is 22.5. The van der Waals surface area contributed by atoms with Crippen LogP contribution >= 0.6 is 0 Å². The highest BCUT2D eigenvalue weighted by Crippen LogP contribution is 2.33. The quantitative estimate of drug-likeness (QED) is 0.126. The number of hydrogen-bond donors (Lipinski definition) is 0. The van der Waals surface area contributed by atoms with Crippen LogP contribution in [0.15, 0.2) is 72.8 Å². The van der Waals surface area contributed by atoms with Crippen LogP contribution in [-0.4, -0.2) is 38.6 Å². The zero-order valence-corrected chi connectivity index (χ0v) is 22.6. The van der Waals surface area contributed by atoms with Crippen molar-refractivity contribution in [3.05, 3.63) is 72.8 Å². The second kappa shape index (κ2) is 14.4. The van der Waals surface area contributed by atoms with E-state index in [0.717, 1.165) is 50.8 Å². The van der Waals surface area contributed by atoms with Crippen molar-refractivity contribution in [3.63, 3.8) is 0 Å². The summed E-state index contributed by atoms with van der Waals surface area (Å²) in [7, 11) is 0. The van der Waals surface area contributed by atoms with Gasteiger partial charge in [-0.05, 0) is 72.2 Å². The summed E-state index contributed by atoms with van der Waals surface area (Å²) in [4.78, 5) is 0. The fraction of sp³-hybridized carbons (Fsp3) is 0.471. The highest BCUT2D eigenvalue weighted by molar-refractivity contribution is 5.83. The van der Waals surface area contributed by atoms with E-state index in [0.29, 0.717) is 12.2 Å². The molecule has 2 fully saturated rings. The van der Waals surface area contributed by atoms with Gasteiger partial charge in [0.15, 0.2) is 0 Å². The molecule has 0 N–H and O–H groups in total. The van der Waals surface area contributed by atoms with Crippen LogP contribution in [-0.2, 0) is 9.47 Å². The first-order valence-corrected chi connectivity index (χ1v) is 14.6. The van der Waals surface area contributed by atoms with Crippen molar-refractivity contribution in [2.75, 3.05) is 26.4 Å². The molecule has 2 aliphatic heterocycles. The van der Waals surface area contributed by atoms with Gasteiger partial charge >= 0.3 is 0 Å². The van der Waals surface area contributed by atoms with Gasteiger partial charge in [-0.1, -0.05) is 87.1 Å². The number of ether oxygens (including phenoxy) is 4. The standard InChI is InChI=1S/C34H42O4/c1(5-11-31-25-37-31)3-9-23-35-29-19-15-27(16-20-29)33-13-7-8-14-34(33)28-17-21-30(22-18-28)36-24-10-4-2-6-12-32-26-38-32/h7-8,13-22,31-32H,1-6,9-12,23-26H2. The maximum atomic E-state index is 5.99. The summed E-state index contributed by atoms with van der Waals surface area (Å²) in [5.41, 5.74) is 4.85. The van der Waals surface area contributed by atoms with E-state index >= 15 is 0 Å². The molecule has 3 aromatic carbocycles. The van der Waals surface area contributed by atoms with Crippen LogP contribution < -0.4 is 9.47 Å². The predicted molar refractivity (Wildman–Crippen MR) is 154 cm³/mol. The molecule has 0 aromatic heterocycles. The number of rotatable bonds is 18. The van der Waals surface area contributed by atoms with Crippen molar-refractivity contribution in [1.29, 1.82) is 0 Å². The smallest absolute Gasteiger partial charge is 0.119 e. The molecule has 2 unspecified atom stereocenters. The van der Waals surface area contributed by atoms with Crippen molar-refractivity contribution >= 4 is 0 Å². The van der Waals surface area contributed by atoms with Crippen LogP contribution in [0, 0.1) is 0 Å². The first-order valence-electron chi connectivity index (χ1n) is 14.6. The maximum Gasteiger partial charge on any atom is 0.119 e. The van der Waals surface area contributed by atoms with E-state index in [2.05, 4.69) is 72.8 Å². The van der Waals surface area contributed by atoms with Gasteiger partial charge in [0.05, 0.1) is 38.6 Å². The average Bonchev–Trinajstić information content (AvgIpc) is 3.89. The Bertz CT molecular complexity index is 996. The molecular formula is C34H42O4. The largest absolute Gasteiger partial charge is 0.494 e. The Balaban J connectivity index is 1.06. The van der Waals surface area contributed by atoms with Gasteiger partial charge < -0.3 is 18.9 Å². The van der Waals surface area contributed by atoms with Crippen molar-refractivity contribution in [3.8, 4) is 33.8 Å². The second-order valence-electron chi connectivity index (χ2n) is 10.6. The Labute approximate surface area is 228 Å². The first-order chi connectivity index (χ1) is 18.8. The van der Waals surface area contributed by atoms with Gasteiger partial charge in [-0.2, -0.15) is 0 Å². The Morgan fingerprint density at radius 1 is 0.500 bits per heavy atom. The van der Waals surface area contributed by atoms with E-state index in [4.69, 9.17) is 18.9 Å². The summed E-state index contributed by atoms with van der Waals surface area (Å²) in [5, 5.41) is 0. The third-order valence-electron chi connectivity index (χ3n) is 7.44. The molecule has 2 saturated heterocycles. The number of hydrogen-bond acceptors (Lipinski definition) is 4. The third-order valence-corrected chi connectivity index (χ3v) is 7.44. The van der Waals surface area contributed by atoms with Gasteiger partial charge in [0, 0.05) is 0 Å². The molecule has 5 rings (SSSR count). The molecule has 4 heteroatoms. The van der Waals surface area contributed by atoms with Crippen LogP contribution in [0.1, 0.15) is 64.2 Å². The SMILES string of the molecule is c1ccc(-c2ccc(OCCCCCCC3CO3)cc2)c(-c2ccc(OCCCCCCC3CO3)cc2)c1. The predicted octanol–water partition coefficient (Wildman–Crippen LogP) is 8.48. The Morgan fingerprint density at radius 2 is 0.895 bits per heavy atom. The molecular weight excluding hydrogens is 472 g/mol. The Hall–Kier alpha value is -2.82. The number of benzene rings is 3. The van der Waals surface area contributed by atoms with Crippen molar-refractivity contribution in [2.24, 2.45) is 0 Å². The molecule has 0 saturated carbocycles. The van der Waals surface area contributed by atoms with Crippen LogP contribution in [0.4, 0.5) is 0 Å². The van der Waals surface area contributed by atoms with Gasteiger partial charge in [-0.25, -0.2) is 0 Å². The van der Waals surface area contributed by atoms with Crippen LogP contribution in [0.25, 0.3) is 22.3 Å². The molecule has 0 spiro atoms. The average molecular weight is 515 g/mol. The molecule has 0 radical (unpaired) electrons. The minimum Gasteiger partial charge on any atom is -0.494 e. The maximum absolute atomic E-state index is 5.99. The Morgan fingerprint density at radius 3 is 1.29 bits per heavy atom. The van der Waals surface area contributed by atoms with Crippen LogP contribution in [0.2, 0.25) is 0 Å². The molecule has 2 atom stereocenters. The van der Waals surface area contributed by atoms with Gasteiger partial charge in [-0.3, -0.25) is 0 Å². The monoisotopic (exact) mass is 514 g/mol. The summed E-state index contributed by atoms with van der Waals surface area (Å²) >= 11 is 0. The van der Waals surface area contributed by atoms with Gasteiger partial charge in [0.2, 0.25) is 0 Å². The zero-order valence-electron chi connectivity index (χ0n) is 22.6. The van der Waals surface area contributed by atoms with Gasteiger partial charge in [-0.15, -0.1) is 0 Å². The summed E-state index contributed by atoms with van der Waals surface area (Å²) in [6.45, 7) is 3.51. The highest BCUT2D eigenvalue weighted by Gasteiger charge is 2.21. The topological polar surface area (TPSA) is 43.5 Å². The van der Waals surface area contributed by atoms with Crippen molar-refractivity contribution in [2.45, 2.75) is 76.4 Å². The summed E-state index contributed by atoms with van der Waals surface area (Å²) in [6, 6.07) is 25.6. The van der Waals surface area contributed by atoms with Crippen molar-refractivity contribution in [1.82, 2.24) is 0 Å². The van der Waals surface area contributed by atoms with E-state index in [1.807, 2.05) is 0 Å². The molecule has 2 heterocycles. The van der Waals surface area contributed by atoms with E-state index in [1.54, 1.807) is 0 Å². The summed E-state index contributed by atoms with van der Waals surface area (Å²) in [6.07, 6.45) is 13.3. The molecule has 202 valence electrons. The summed E-state index contributed by atoms with van der Waals surface area (Å²) in [5.74, 6) is 1.88. The van der Waals surface area contributed by atoms with Gasteiger partial charge in [0.25, 0.3) is 0 Å². The highest BCUT2D eigenvalue weighted by atomic mass is 16.6. The van der Waals surface area contributed by atoms with E-state index < -0.39 is 0 Å². The molecule has 0 bridgehead atoms. The normalized spacial score (nSPS) is 17.8. The van der Waals surface area contributed by atoms with E-state index in [9.17, 15) is 0 Å². The lowest BCUT2D eigenvalue weighted by Gasteiger charge is -2.12. The second-order valence-corrected chi connectivity index (χ2v) is 10.6. The lowest BCUT2D eigenvalue weighted by Crippen LogP contribution is -1.98. The van der Waals surface area contributed by atoms with E-state index in [-0.39, 0.29) is 0 Å². The number of unbranched alkanes of at least 4 members (excludes halogenated alkanes) is 6. The molecule has 2 aliphatic rings. The Kier molecular flexibility index (Phi) is 10.1. The van der Waals surface area contributed by atoms with Crippen molar-refractivity contribution < 1.29 is 18.9 Å². The lowest BCUT2D eigenvalue weighted by atomic mass is 9.94. The minimum atomic E-state index is 0.561. The molecule has 4 nitrogen and oxygen atoms in total. The fourth-order valence-corrected chi connectivity index (χ4v) is 4.95. The third kappa shape index (κ3) is 8.89. The lowest BCUT2D eigenvalue weighted by molar-refractivity contribution is 0.303. The van der Waals surface area contributed by atoms with E-state index in [1.165, 1.54) is 73.6 Å². The molecule has 0 amide bonds. The van der Waals surface area contributed by atoms with Crippen LogP contribution in [0.3, 0.4) is 0 Å².